The number of nitrogens with one attached hydrogen (secondary N) is 1. The molecule has 0 aliphatic heterocycles. The van der Waals surface area contributed by atoms with Crippen LogP contribution in [0.25, 0.3) is 5.69 Å². The second-order valence-corrected chi connectivity index (χ2v) is 8.98. The van der Waals surface area contributed by atoms with Crippen molar-refractivity contribution in [2.45, 2.75) is 26.4 Å². The summed E-state index contributed by atoms with van der Waals surface area (Å²) in [5, 5.41) is 3.74. The fraction of sp³-hybridized carbons (Fsp3) is 0.261. The van der Waals surface area contributed by atoms with Gasteiger partial charge in [0.15, 0.2) is 11.5 Å². The van der Waals surface area contributed by atoms with Crippen LogP contribution in [0.15, 0.2) is 54.6 Å². The molecule has 0 bridgehead atoms. The summed E-state index contributed by atoms with van der Waals surface area (Å²) in [7, 11) is 3.73. The number of ether oxygens (including phenoxy) is 1. The van der Waals surface area contributed by atoms with E-state index in [0.717, 1.165) is 11.3 Å². The van der Waals surface area contributed by atoms with E-state index in [4.69, 9.17) is 28.6 Å². The molecule has 0 fully saturated rings. The van der Waals surface area contributed by atoms with E-state index in [1.807, 2.05) is 82.2 Å². The van der Waals surface area contributed by atoms with Crippen molar-refractivity contribution >= 4 is 46.5 Å². The van der Waals surface area contributed by atoms with E-state index in [1.54, 1.807) is 16.7 Å². The summed E-state index contributed by atoms with van der Waals surface area (Å²) in [4.78, 5) is 20.2. The molecule has 0 radical (unpaired) electrons. The molecule has 0 unspecified atom stereocenters. The maximum atomic E-state index is 13.3. The third-order valence-electron chi connectivity index (χ3n) is 4.20. The first-order valence-electron chi connectivity index (χ1n) is 9.72. The third-order valence-corrected chi connectivity index (χ3v) is 4.79. The van der Waals surface area contributed by atoms with Gasteiger partial charge in [0.05, 0.1) is 0 Å². The highest BCUT2D eigenvalue weighted by atomic mass is 35.5. The first-order valence-corrected chi connectivity index (χ1v) is 10.5. The summed E-state index contributed by atoms with van der Waals surface area (Å²) in [6.07, 6.45) is 0. The van der Waals surface area contributed by atoms with E-state index >= 15 is 0 Å². The second kappa shape index (κ2) is 9.08. The lowest BCUT2D eigenvalue weighted by molar-refractivity contribution is 0.00619. The number of thiocarbonyl (C=S) groups is 1. The highest BCUT2D eigenvalue weighted by Crippen LogP contribution is 2.29. The molecule has 162 valence electrons. The van der Waals surface area contributed by atoms with Crippen LogP contribution < -0.4 is 10.2 Å². The molecular formula is C23H25ClN4O2S. The van der Waals surface area contributed by atoms with Crippen molar-refractivity contribution in [2.75, 3.05) is 24.3 Å². The fourth-order valence-electron chi connectivity index (χ4n) is 2.91. The SMILES string of the molecule is CN(C)c1nc(NC(=S)c2ccc(Cl)cc2)c(C(=O)OC(C)(C)C)n1-c1ccccc1. The van der Waals surface area contributed by atoms with Crippen LogP contribution in [0.2, 0.25) is 5.02 Å². The van der Waals surface area contributed by atoms with Crippen LogP contribution in [0.1, 0.15) is 36.8 Å². The highest BCUT2D eigenvalue weighted by molar-refractivity contribution is 7.81. The summed E-state index contributed by atoms with van der Waals surface area (Å²) in [5.41, 5.74) is 1.14. The van der Waals surface area contributed by atoms with Gasteiger partial charge >= 0.3 is 5.97 Å². The van der Waals surface area contributed by atoms with Crippen molar-refractivity contribution < 1.29 is 9.53 Å². The number of para-hydroxylation sites is 1. The van der Waals surface area contributed by atoms with E-state index in [0.29, 0.717) is 21.8 Å². The predicted octanol–water partition coefficient (Wildman–Crippen LogP) is 5.33. The zero-order chi connectivity index (χ0) is 22.8. The van der Waals surface area contributed by atoms with Gasteiger partial charge in [-0.1, -0.05) is 54.2 Å². The molecule has 6 nitrogen and oxygen atoms in total. The molecule has 1 heterocycles. The van der Waals surface area contributed by atoms with Crippen LogP contribution in [0.5, 0.6) is 0 Å². The quantitative estimate of drug-likeness (QED) is 0.413. The Hall–Kier alpha value is -2.90. The molecule has 1 N–H and O–H groups in total. The van der Waals surface area contributed by atoms with Crippen LogP contribution in [0.4, 0.5) is 11.8 Å². The Balaban J connectivity index is 2.14. The molecule has 0 atom stereocenters. The molecule has 0 aliphatic rings. The third kappa shape index (κ3) is 5.42. The smallest absolute Gasteiger partial charge is 0.359 e. The molecule has 2 aromatic carbocycles. The number of aromatic nitrogens is 2. The number of hydrogen-bond donors (Lipinski definition) is 1. The number of imidazole rings is 1. The first kappa shape index (κ1) is 22.8. The standard InChI is InChI=1S/C23H25ClN4O2S/c1-23(2,3)30-21(29)18-19(25-20(31)15-11-13-16(24)14-12-15)26-22(27(4)5)28(18)17-9-7-6-8-10-17/h6-14H,1-5H3,(H,25,31). The van der Waals surface area contributed by atoms with Crippen LogP contribution in [0, 0.1) is 0 Å². The average Bonchev–Trinajstić information content (AvgIpc) is 3.07. The number of benzene rings is 2. The lowest BCUT2D eigenvalue weighted by atomic mass is 10.2. The Bertz CT molecular complexity index is 1090. The first-order chi connectivity index (χ1) is 14.6. The fourth-order valence-corrected chi connectivity index (χ4v) is 3.27. The van der Waals surface area contributed by atoms with Crippen molar-refractivity contribution in [1.29, 1.82) is 0 Å². The number of nitrogens with zero attached hydrogens (tertiary/aromatic N) is 3. The van der Waals surface area contributed by atoms with E-state index < -0.39 is 11.6 Å². The summed E-state index contributed by atoms with van der Waals surface area (Å²) >= 11 is 11.6. The Morgan fingerprint density at radius 2 is 1.71 bits per heavy atom. The van der Waals surface area contributed by atoms with E-state index in [1.165, 1.54) is 0 Å². The lowest BCUT2D eigenvalue weighted by Gasteiger charge is -2.21. The minimum atomic E-state index is -0.672. The van der Waals surface area contributed by atoms with Gasteiger partial charge < -0.3 is 15.0 Å². The molecule has 0 saturated heterocycles. The number of halogens is 1. The molecule has 31 heavy (non-hydrogen) atoms. The van der Waals surface area contributed by atoms with Gasteiger partial charge in [0.1, 0.15) is 10.6 Å². The number of anilines is 2. The normalized spacial score (nSPS) is 11.2. The molecule has 0 saturated carbocycles. The molecular weight excluding hydrogens is 432 g/mol. The van der Waals surface area contributed by atoms with Crippen molar-refractivity contribution in [1.82, 2.24) is 9.55 Å². The molecule has 3 rings (SSSR count). The van der Waals surface area contributed by atoms with E-state index in [-0.39, 0.29) is 5.69 Å². The number of carbonyl (C=O) groups excluding carboxylic acids is 1. The molecule has 3 aromatic rings. The van der Waals surface area contributed by atoms with Crippen LogP contribution in [-0.2, 0) is 4.74 Å². The van der Waals surface area contributed by atoms with E-state index in [9.17, 15) is 4.79 Å². The van der Waals surface area contributed by atoms with Gasteiger partial charge in [-0.25, -0.2) is 4.79 Å². The Kier molecular flexibility index (Phi) is 6.67. The second-order valence-electron chi connectivity index (χ2n) is 8.14. The highest BCUT2D eigenvalue weighted by Gasteiger charge is 2.30. The van der Waals surface area contributed by atoms with Gasteiger partial charge in [-0.3, -0.25) is 4.57 Å². The van der Waals surface area contributed by atoms with E-state index in [2.05, 4.69) is 10.3 Å². The molecule has 1 aromatic heterocycles. The summed E-state index contributed by atoms with van der Waals surface area (Å²) in [6.45, 7) is 5.48. The Labute approximate surface area is 192 Å². The summed E-state index contributed by atoms with van der Waals surface area (Å²) < 4.78 is 7.47. The lowest BCUT2D eigenvalue weighted by Crippen LogP contribution is -2.27. The van der Waals surface area contributed by atoms with Gasteiger partial charge in [-0.15, -0.1) is 0 Å². The minimum Gasteiger partial charge on any atom is -0.455 e. The van der Waals surface area contributed by atoms with Crippen molar-refractivity contribution in [3.8, 4) is 5.69 Å². The topological polar surface area (TPSA) is 59.4 Å². The van der Waals surface area contributed by atoms with Gasteiger partial charge in [-0.05, 0) is 45.0 Å². The largest absolute Gasteiger partial charge is 0.455 e. The summed E-state index contributed by atoms with van der Waals surface area (Å²) in [5.74, 6) is 0.383. The monoisotopic (exact) mass is 456 g/mol. The predicted molar refractivity (Wildman–Crippen MR) is 130 cm³/mol. The maximum Gasteiger partial charge on any atom is 0.359 e. The maximum absolute atomic E-state index is 13.3. The zero-order valence-corrected chi connectivity index (χ0v) is 19.7. The van der Waals surface area contributed by atoms with Gasteiger partial charge in [0.2, 0.25) is 5.95 Å². The molecule has 8 heteroatoms. The Morgan fingerprint density at radius 3 is 2.26 bits per heavy atom. The molecule has 0 spiro atoms. The zero-order valence-electron chi connectivity index (χ0n) is 18.1. The van der Waals surface area contributed by atoms with Gasteiger partial charge in [0, 0.05) is 30.4 Å². The molecule has 0 aliphatic carbocycles. The summed E-state index contributed by atoms with van der Waals surface area (Å²) in [6, 6.07) is 16.7. The minimum absolute atomic E-state index is 0.265. The number of rotatable bonds is 5. The van der Waals surface area contributed by atoms with Crippen molar-refractivity contribution in [2.24, 2.45) is 0 Å². The van der Waals surface area contributed by atoms with Crippen LogP contribution >= 0.6 is 23.8 Å². The van der Waals surface area contributed by atoms with Gasteiger partial charge in [-0.2, -0.15) is 4.98 Å². The average molecular weight is 457 g/mol. The van der Waals surface area contributed by atoms with Crippen molar-refractivity contribution in [3.63, 3.8) is 0 Å². The van der Waals surface area contributed by atoms with Crippen LogP contribution in [-0.4, -0.2) is 40.2 Å². The number of hydrogen-bond acceptors (Lipinski definition) is 5. The Morgan fingerprint density at radius 1 is 1.10 bits per heavy atom. The number of esters is 1. The number of carbonyl (C=O) groups is 1. The van der Waals surface area contributed by atoms with Crippen molar-refractivity contribution in [3.05, 3.63) is 70.9 Å². The molecule has 0 amide bonds. The van der Waals surface area contributed by atoms with Gasteiger partial charge in [0.25, 0.3) is 0 Å². The van der Waals surface area contributed by atoms with Crippen LogP contribution in [0.3, 0.4) is 0 Å².